The summed E-state index contributed by atoms with van der Waals surface area (Å²) >= 11 is 8.24. The monoisotopic (exact) mass is 552 g/mol. The van der Waals surface area contributed by atoms with Gasteiger partial charge in [-0.3, -0.25) is 4.57 Å². The number of piperidine rings is 1. The molecule has 0 bridgehead atoms. The van der Waals surface area contributed by atoms with Gasteiger partial charge in [0.25, 0.3) is 0 Å². The van der Waals surface area contributed by atoms with Crippen LogP contribution < -0.4 is 10.6 Å². The lowest BCUT2D eigenvalue weighted by Crippen LogP contribution is -2.47. The van der Waals surface area contributed by atoms with Crippen LogP contribution in [0.5, 0.6) is 0 Å². The highest BCUT2D eigenvalue weighted by Crippen LogP contribution is 2.47. The Morgan fingerprint density at radius 2 is 1.97 bits per heavy atom. The van der Waals surface area contributed by atoms with Crippen LogP contribution in [-0.4, -0.2) is 60.0 Å². The van der Waals surface area contributed by atoms with E-state index in [9.17, 15) is 22.0 Å². The summed E-state index contributed by atoms with van der Waals surface area (Å²) in [6, 6.07) is 4.97. The van der Waals surface area contributed by atoms with Gasteiger partial charge in [0.2, 0.25) is 10.0 Å². The summed E-state index contributed by atoms with van der Waals surface area (Å²) in [4.78, 5) is 20.4. The van der Waals surface area contributed by atoms with Gasteiger partial charge in [0.05, 0.1) is 16.8 Å². The van der Waals surface area contributed by atoms with Crippen LogP contribution in [0.2, 0.25) is 5.02 Å². The number of hydrogen-bond acceptors (Lipinski definition) is 6. The molecule has 2 fully saturated rings. The summed E-state index contributed by atoms with van der Waals surface area (Å²) in [5.74, 6) is -0.216. The van der Waals surface area contributed by atoms with Crippen LogP contribution in [0, 0.1) is 17.6 Å². The smallest absolute Gasteiger partial charge is 0.350 e. The minimum Gasteiger partial charge on any atom is -0.351 e. The quantitative estimate of drug-likeness (QED) is 0.490. The van der Waals surface area contributed by atoms with E-state index in [1.54, 1.807) is 10.6 Å². The van der Waals surface area contributed by atoms with Crippen molar-refractivity contribution in [3.05, 3.63) is 51.4 Å². The average molecular weight is 553 g/mol. The van der Waals surface area contributed by atoms with E-state index < -0.39 is 27.3 Å². The van der Waals surface area contributed by atoms with Crippen LogP contribution in [0.3, 0.4) is 0 Å². The molecule has 0 aliphatic carbocycles. The Kier molecular flexibility index (Phi) is 5.82. The van der Waals surface area contributed by atoms with Crippen LogP contribution in [0.15, 0.2) is 34.0 Å². The maximum atomic E-state index is 14.8. The molecule has 0 spiro atoms. The van der Waals surface area contributed by atoms with E-state index in [4.69, 9.17) is 11.6 Å². The van der Waals surface area contributed by atoms with Gasteiger partial charge in [-0.25, -0.2) is 22.0 Å². The van der Waals surface area contributed by atoms with Gasteiger partial charge in [-0.05, 0) is 37.0 Å². The molecule has 190 valence electrons. The second-order valence-corrected chi connectivity index (χ2v) is 13.0. The van der Waals surface area contributed by atoms with Crippen LogP contribution in [0.1, 0.15) is 12.8 Å². The van der Waals surface area contributed by atoms with E-state index in [1.807, 2.05) is 0 Å². The highest BCUT2D eigenvalue weighted by atomic mass is 35.5. The van der Waals surface area contributed by atoms with Crippen LogP contribution in [0.25, 0.3) is 22.0 Å². The topological polar surface area (TPSA) is 75.5 Å². The SMILES string of the molecule is CS(=O)(=O)N1C[C@@H]2CCCN(c3nc(=O)n4c5c(c(-c6ccc(F)cc6F)c(Cl)cc35)SCC4)[C@@H]2C1. The van der Waals surface area contributed by atoms with Gasteiger partial charge >= 0.3 is 5.69 Å². The maximum Gasteiger partial charge on any atom is 0.350 e. The Morgan fingerprint density at radius 3 is 2.72 bits per heavy atom. The summed E-state index contributed by atoms with van der Waals surface area (Å²) in [5, 5.41) is 0.954. The number of halogens is 3. The molecule has 2 aromatic carbocycles. The third-order valence-electron chi connectivity index (χ3n) is 7.40. The molecule has 6 rings (SSSR count). The molecule has 0 N–H and O–H groups in total. The van der Waals surface area contributed by atoms with Gasteiger partial charge in [0.15, 0.2) is 0 Å². The van der Waals surface area contributed by atoms with Crippen molar-refractivity contribution in [2.45, 2.75) is 30.3 Å². The van der Waals surface area contributed by atoms with Crippen molar-refractivity contribution >= 4 is 50.1 Å². The number of thioether (sulfide) groups is 1. The van der Waals surface area contributed by atoms with Crippen molar-refractivity contribution in [2.24, 2.45) is 5.92 Å². The highest BCUT2D eigenvalue weighted by molar-refractivity contribution is 7.99. The number of sulfonamides is 1. The number of hydrogen-bond donors (Lipinski definition) is 0. The van der Waals surface area contributed by atoms with E-state index in [0.717, 1.165) is 18.9 Å². The Bertz CT molecular complexity index is 1580. The van der Waals surface area contributed by atoms with E-state index in [2.05, 4.69) is 9.88 Å². The standard InChI is InChI=1S/C24H23ClF2N4O3S2/c1-36(33,34)29-11-13-3-2-6-30(19(13)12-29)23-16-10-17(25)20(15-5-4-14(26)9-18(15)27)22-21(16)31(7-8-35-22)24(32)28-23/h4-5,9-10,13,19H,2-3,6-8,11-12H2,1H3/t13-,19+/m0/s1. The summed E-state index contributed by atoms with van der Waals surface area (Å²) < 4.78 is 56.0. The highest BCUT2D eigenvalue weighted by Gasteiger charge is 2.43. The van der Waals surface area contributed by atoms with E-state index >= 15 is 0 Å². The zero-order chi connectivity index (χ0) is 25.4. The van der Waals surface area contributed by atoms with E-state index in [1.165, 1.54) is 34.5 Å². The largest absolute Gasteiger partial charge is 0.351 e. The fraction of sp³-hybridized carbons (Fsp3) is 0.417. The molecule has 2 saturated heterocycles. The number of benzene rings is 2. The molecule has 1 aromatic heterocycles. The summed E-state index contributed by atoms with van der Waals surface area (Å²) in [5.41, 5.74) is 0.816. The van der Waals surface area contributed by atoms with Crippen LogP contribution in [-0.2, 0) is 16.6 Å². The summed E-state index contributed by atoms with van der Waals surface area (Å²) in [6.45, 7) is 1.87. The molecule has 0 amide bonds. The predicted molar refractivity (Wildman–Crippen MR) is 137 cm³/mol. The number of anilines is 1. The first-order valence-corrected chi connectivity index (χ1v) is 14.9. The van der Waals surface area contributed by atoms with Crippen molar-refractivity contribution < 1.29 is 17.2 Å². The number of rotatable bonds is 3. The zero-order valence-corrected chi connectivity index (χ0v) is 21.8. The molecular weight excluding hydrogens is 530 g/mol. The molecule has 0 radical (unpaired) electrons. The van der Waals surface area contributed by atoms with Crippen molar-refractivity contribution in [2.75, 3.05) is 36.5 Å². The van der Waals surface area contributed by atoms with Crippen LogP contribution in [0.4, 0.5) is 14.6 Å². The molecule has 36 heavy (non-hydrogen) atoms. The third-order valence-corrected chi connectivity index (χ3v) is 10.0. The van der Waals surface area contributed by atoms with Crippen molar-refractivity contribution in [1.82, 2.24) is 13.9 Å². The Hall–Kier alpha value is -2.21. The van der Waals surface area contributed by atoms with Gasteiger partial charge in [-0.15, -0.1) is 11.8 Å². The molecule has 0 unspecified atom stereocenters. The molecule has 7 nitrogen and oxygen atoms in total. The van der Waals surface area contributed by atoms with Crippen molar-refractivity contribution in [1.29, 1.82) is 0 Å². The lowest BCUT2D eigenvalue weighted by atomic mass is 9.91. The van der Waals surface area contributed by atoms with Gasteiger partial charge in [0.1, 0.15) is 17.5 Å². The molecule has 0 saturated carbocycles. The molecule has 4 heterocycles. The molecule has 2 atom stereocenters. The number of nitrogens with zero attached hydrogens (tertiary/aromatic N) is 4. The Balaban J connectivity index is 1.56. The first kappa shape index (κ1) is 24.1. The number of fused-ring (bicyclic) bond motifs is 1. The second-order valence-electron chi connectivity index (χ2n) is 9.54. The van der Waals surface area contributed by atoms with Gasteiger partial charge < -0.3 is 4.90 Å². The lowest BCUT2D eigenvalue weighted by molar-refractivity contribution is 0.380. The number of aryl methyl sites for hydroxylation is 1. The molecular formula is C24H23ClF2N4O3S2. The first-order chi connectivity index (χ1) is 17.1. The molecule has 3 aliphatic heterocycles. The number of aromatic nitrogens is 2. The first-order valence-electron chi connectivity index (χ1n) is 11.7. The van der Waals surface area contributed by atoms with Crippen LogP contribution >= 0.6 is 23.4 Å². The summed E-state index contributed by atoms with van der Waals surface area (Å²) in [6.07, 6.45) is 2.96. The Labute approximate surface area is 216 Å². The fourth-order valence-corrected chi connectivity index (χ4v) is 8.23. The molecule has 3 aliphatic rings. The summed E-state index contributed by atoms with van der Waals surface area (Å²) in [7, 11) is -3.34. The van der Waals surface area contributed by atoms with E-state index in [0.29, 0.717) is 59.1 Å². The third kappa shape index (κ3) is 3.82. The van der Waals surface area contributed by atoms with Gasteiger partial charge in [-0.2, -0.15) is 9.29 Å². The lowest BCUT2D eigenvalue weighted by Gasteiger charge is -2.38. The minimum absolute atomic E-state index is 0.105. The second kappa shape index (κ2) is 8.68. The predicted octanol–water partition coefficient (Wildman–Crippen LogP) is 3.96. The van der Waals surface area contributed by atoms with Gasteiger partial charge in [-0.1, -0.05) is 11.6 Å². The fourth-order valence-electron chi connectivity index (χ4n) is 5.79. The van der Waals surface area contributed by atoms with Crippen molar-refractivity contribution in [3.63, 3.8) is 0 Å². The van der Waals surface area contributed by atoms with Crippen molar-refractivity contribution in [3.8, 4) is 11.1 Å². The molecule has 3 aromatic rings. The normalized spacial score (nSPS) is 22.3. The Morgan fingerprint density at radius 1 is 1.17 bits per heavy atom. The van der Waals surface area contributed by atoms with E-state index in [-0.39, 0.29) is 22.5 Å². The molecule has 12 heteroatoms. The zero-order valence-electron chi connectivity index (χ0n) is 19.4. The maximum absolute atomic E-state index is 14.8. The van der Waals surface area contributed by atoms with Gasteiger partial charge in [0, 0.05) is 65.4 Å². The minimum atomic E-state index is -3.34. The average Bonchev–Trinajstić information content (AvgIpc) is 3.27.